The third-order valence-electron chi connectivity index (χ3n) is 5.98. The number of Topliss-reactive ketones (excluding diaryl/α,β-unsaturated/α-hetero) is 1. The molecule has 2 aromatic heterocycles. The van der Waals surface area contributed by atoms with Crippen molar-refractivity contribution in [2.45, 2.75) is 51.4 Å². The molecule has 0 fully saturated rings. The van der Waals surface area contributed by atoms with Gasteiger partial charge in [0.2, 0.25) is 0 Å². The minimum atomic E-state index is -4.59. The molecule has 1 amide bonds. The van der Waals surface area contributed by atoms with E-state index in [1.807, 2.05) is 20.8 Å². The molecule has 0 bridgehead atoms. The number of carbonyl (C=O) groups is 2. The van der Waals surface area contributed by atoms with Crippen molar-refractivity contribution in [3.05, 3.63) is 75.4 Å². The predicted octanol–water partition coefficient (Wildman–Crippen LogP) is 5.17. The Morgan fingerprint density at radius 1 is 1.07 bits per heavy atom. The van der Waals surface area contributed by atoms with Gasteiger partial charge in [0.25, 0.3) is 11.5 Å². The molecule has 0 radical (unpaired) electrons. The molecule has 3 rings (SSSR count). The van der Waals surface area contributed by atoms with Crippen LogP contribution < -0.4 is 20.8 Å². The summed E-state index contributed by atoms with van der Waals surface area (Å²) in [4.78, 5) is 42.3. The second-order valence-electron chi connectivity index (χ2n) is 10.4. The number of hydrogen-bond donors (Lipinski definition) is 1. The van der Waals surface area contributed by atoms with Crippen LogP contribution in [0.4, 0.5) is 13.2 Å². The second kappa shape index (κ2) is 13.4. The normalized spacial score (nSPS) is 12.6. The summed E-state index contributed by atoms with van der Waals surface area (Å²) in [5.74, 6) is -1.13. The van der Waals surface area contributed by atoms with E-state index in [-0.39, 0.29) is 58.6 Å². The first-order chi connectivity index (χ1) is 19.6. The summed E-state index contributed by atoms with van der Waals surface area (Å²) in [6, 6.07) is 7.08. The van der Waals surface area contributed by atoms with Crippen LogP contribution in [0.1, 0.15) is 49.3 Å². The summed E-state index contributed by atoms with van der Waals surface area (Å²) in [6.07, 6.45) is -1.91. The van der Waals surface area contributed by atoms with E-state index < -0.39 is 35.9 Å². The van der Waals surface area contributed by atoms with E-state index in [9.17, 15) is 27.6 Å². The lowest BCUT2D eigenvalue weighted by Crippen LogP contribution is -2.32. The minimum Gasteiger partial charge on any atom is -0.495 e. The van der Waals surface area contributed by atoms with Gasteiger partial charge in [0.05, 0.1) is 24.9 Å². The maximum atomic E-state index is 13.6. The summed E-state index contributed by atoms with van der Waals surface area (Å²) in [6.45, 7) is 4.13. The average Bonchev–Trinajstić information content (AvgIpc) is 2.89. The zero-order valence-electron chi connectivity index (χ0n) is 23.5. The molecule has 0 aliphatic heterocycles. The van der Waals surface area contributed by atoms with Crippen molar-refractivity contribution < 1.29 is 37.0 Å². The van der Waals surface area contributed by atoms with Gasteiger partial charge in [-0.2, -0.15) is 13.2 Å². The molecule has 226 valence electrons. The Kier molecular flexibility index (Phi) is 10.4. The number of amides is 1. The quantitative estimate of drug-likeness (QED) is 0.300. The highest BCUT2D eigenvalue weighted by Crippen LogP contribution is 2.38. The van der Waals surface area contributed by atoms with Gasteiger partial charge in [-0.15, -0.1) is 0 Å². The standard InChI is InChI=1S/C29H31ClF3N3O6/c1-28(2,3)42-10-9-22(23(37)11-17-5-7-21(27(34)39)35-14-17)36-15-25(40-4)20(13-26(36)38)19-12-18(30)6-8-24(19)41-16-29(31,32)33/h5-8,12-15,22H,9-11,16H2,1-4H3,(H2,34,39). The zero-order chi connectivity index (χ0) is 31.2. The fraction of sp³-hybridized carbons (Fsp3) is 0.379. The Bertz CT molecular complexity index is 1480. The SMILES string of the molecule is COc1cn(C(CCOC(C)(C)C)C(=O)Cc2ccc(C(N)=O)nc2)c(=O)cc1-c1cc(Cl)ccc1OCC(F)(F)F. The zero-order valence-corrected chi connectivity index (χ0v) is 24.2. The van der Waals surface area contributed by atoms with Gasteiger partial charge in [0, 0.05) is 41.4 Å². The molecule has 9 nitrogen and oxygen atoms in total. The number of primary amides is 1. The van der Waals surface area contributed by atoms with Crippen molar-refractivity contribution in [3.8, 4) is 22.6 Å². The highest BCUT2D eigenvalue weighted by atomic mass is 35.5. The van der Waals surface area contributed by atoms with Crippen LogP contribution in [0.25, 0.3) is 11.1 Å². The van der Waals surface area contributed by atoms with Crippen molar-refractivity contribution >= 4 is 23.3 Å². The molecular formula is C29H31ClF3N3O6. The largest absolute Gasteiger partial charge is 0.495 e. The third-order valence-corrected chi connectivity index (χ3v) is 6.21. The van der Waals surface area contributed by atoms with Crippen molar-refractivity contribution in [2.24, 2.45) is 5.73 Å². The van der Waals surface area contributed by atoms with Crippen LogP contribution in [0.15, 0.2) is 53.6 Å². The van der Waals surface area contributed by atoms with Gasteiger partial charge in [0.1, 0.15) is 17.2 Å². The topological polar surface area (TPSA) is 123 Å². The molecule has 0 spiro atoms. The number of ketones is 1. The van der Waals surface area contributed by atoms with Crippen LogP contribution in [-0.2, 0) is 16.0 Å². The molecule has 2 heterocycles. The van der Waals surface area contributed by atoms with Crippen LogP contribution in [-0.4, -0.2) is 53.3 Å². The van der Waals surface area contributed by atoms with Gasteiger partial charge in [-0.05, 0) is 57.0 Å². The molecule has 0 aliphatic rings. The van der Waals surface area contributed by atoms with Crippen molar-refractivity contribution in [2.75, 3.05) is 20.3 Å². The van der Waals surface area contributed by atoms with Gasteiger partial charge >= 0.3 is 6.18 Å². The van der Waals surface area contributed by atoms with Crippen molar-refractivity contribution in [3.63, 3.8) is 0 Å². The minimum absolute atomic E-state index is 0.0393. The van der Waals surface area contributed by atoms with E-state index in [1.165, 1.54) is 48.3 Å². The van der Waals surface area contributed by atoms with Crippen molar-refractivity contribution in [1.82, 2.24) is 9.55 Å². The Labute approximate surface area is 245 Å². The Morgan fingerprint density at radius 3 is 2.33 bits per heavy atom. The second-order valence-corrected chi connectivity index (χ2v) is 10.8. The highest BCUT2D eigenvalue weighted by molar-refractivity contribution is 6.31. The van der Waals surface area contributed by atoms with E-state index in [0.717, 1.165) is 6.07 Å². The molecular weight excluding hydrogens is 579 g/mol. The van der Waals surface area contributed by atoms with E-state index in [1.54, 1.807) is 6.07 Å². The molecule has 0 aliphatic carbocycles. The number of aromatic nitrogens is 2. The summed E-state index contributed by atoms with van der Waals surface area (Å²) in [5, 5.41) is 0.193. The van der Waals surface area contributed by atoms with Gasteiger partial charge in [-0.3, -0.25) is 19.4 Å². The van der Waals surface area contributed by atoms with Crippen molar-refractivity contribution in [1.29, 1.82) is 0 Å². The summed E-state index contributed by atoms with van der Waals surface area (Å²) in [5.41, 5.74) is 4.87. The molecule has 1 atom stereocenters. The fourth-order valence-electron chi connectivity index (χ4n) is 4.07. The van der Waals surface area contributed by atoms with E-state index in [4.69, 9.17) is 31.5 Å². The van der Waals surface area contributed by atoms with Crippen LogP contribution >= 0.6 is 11.6 Å². The molecule has 1 unspecified atom stereocenters. The first kappa shape index (κ1) is 32.6. The first-order valence-electron chi connectivity index (χ1n) is 12.8. The number of ether oxygens (including phenoxy) is 3. The van der Waals surface area contributed by atoms with E-state index in [2.05, 4.69) is 4.98 Å². The number of benzene rings is 1. The number of alkyl halides is 3. The number of nitrogens with two attached hydrogens (primary N) is 1. The van der Waals surface area contributed by atoms with Crippen LogP contribution in [0, 0.1) is 0 Å². The molecule has 1 aromatic carbocycles. The number of carbonyl (C=O) groups excluding carboxylic acids is 2. The third kappa shape index (κ3) is 9.05. The Balaban J connectivity index is 2.04. The van der Waals surface area contributed by atoms with Gasteiger partial charge < -0.3 is 24.5 Å². The predicted molar refractivity (Wildman–Crippen MR) is 150 cm³/mol. The molecule has 0 saturated heterocycles. The van der Waals surface area contributed by atoms with Gasteiger partial charge in [-0.25, -0.2) is 0 Å². The van der Waals surface area contributed by atoms with Gasteiger partial charge in [0.15, 0.2) is 12.4 Å². The first-order valence-corrected chi connectivity index (χ1v) is 13.2. The summed E-state index contributed by atoms with van der Waals surface area (Å²) >= 11 is 6.12. The number of hydrogen-bond acceptors (Lipinski definition) is 7. The average molecular weight is 610 g/mol. The number of nitrogens with zero attached hydrogens (tertiary/aromatic N) is 2. The molecule has 13 heteroatoms. The Morgan fingerprint density at radius 2 is 1.76 bits per heavy atom. The number of rotatable bonds is 12. The van der Waals surface area contributed by atoms with Crippen LogP contribution in [0.3, 0.4) is 0 Å². The van der Waals surface area contributed by atoms with E-state index >= 15 is 0 Å². The smallest absolute Gasteiger partial charge is 0.422 e. The summed E-state index contributed by atoms with van der Waals surface area (Å²) < 4.78 is 56.1. The van der Waals surface area contributed by atoms with E-state index in [0.29, 0.717) is 5.56 Å². The maximum absolute atomic E-state index is 13.6. The number of methoxy groups -OCH3 is 1. The lowest BCUT2D eigenvalue weighted by molar-refractivity contribution is -0.153. The molecule has 42 heavy (non-hydrogen) atoms. The monoisotopic (exact) mass is 609 g/mol. The van der Waals surface area contributed by atoms with Crippen LogP contribution in [0.2, 0.25) is 5.02 Å². The van der Waals surface area contributed by atoms with Crippen LogP contribution in [0.5, 0.6) is 11.5 Å². The highest BCUT2D eigenvalue weighted by Gasteiger charge is 2.30. The summed E-state index contributed by atoms with van der Waals surface area (Å²) in [7, 11) is 1.32. The number of pyridine rings is 2. The molecule has 3 aromatic rings. The number of halogens is 4. The Hall–Kier alpha value is -3.90. The molecule has 2 N–H and O–H groups in total. The maximum Gasteiger partial charge on any atom is 0.422 e. The fourth-order valence-corrected chi connectivity index (χ4v) is 4.24. The lowest BCUT2D eigenvalue weighted by Gasteiger charge is -2.24. The lowest BCUT2D eigenvalue weighted by atomic mass is 10.0. The molecule has 0 saturated carbocycles. The van der Waals surface area contributed by atoms with Gasteiger partial charge in [-0.1, -0.05) is 17.7 Å².